The van der Waals surface area contributed by atoms with Crippen LogP contribution in [-0.2, 0) is 6.42 Å². The van der Waals surface area contributed by atoms with Crippen LogP contribution in [-0.4, -0.2) is 13.2 Å². The minimum Gasteiger partial charge on any atom is -0.493 e. The molecular weight excluding hydrogens is 312 g/mol. The largest absolute Gasteiger partial charge is 0.493 e. The molecule has 0 unspecified atom stereocenters. The predicted octanol–water partition coefficient (Wildman–Crippen LogP) is 6.16. The summed E-state index contributed by atoms with van der Waals surface area (Å²) in [5, 5.41) is 1.02. The normalized spacial score (nSPS) is 11.3. The fraction of sp³-hybridized carbons (Fsp3) is 0.364. The maximum Gasteiger partial charge on any atom is 0.205 e. The van der Waals surface area contributed by atoms with Crippen molar-refractivity contribution >= 4 is 11.0 Å². The van der Waals surface area contributed by atoms with Gasteiger partial charge in [0.15, 0.2) is 11.3 Å². The zero-order valence-corrected chi connectivity index (χ0v) is 15.7. The number of fused-ring (bicyclic) bond motifs is 1. The van der Waals surface area contributed by atoms with E-state index in [1.165, 1.54) is 11.1 Å². The highest BCUT2D eigenvalue weighted by atomic mass is 16.5. The number of hydrogen-bond donors (Lipinski definition) is 0. The van der Waals surface area contributed by atoms with Gasteiger partial charge in [-0.2, -0.15) is 0 Å². The molecule has 0 atom stereocenters. The number of aryl methyl sites for hydroxylation is 2. The van der Waals surface area contributed by atoms with E-state index < -0.39 is 0 Å². The minimum atomic E-state index is 0.0445. The molecule has 132 valence electrons. The highest BCUT2D eigenvalue weighted by molar-refractivity contribution is 5.90. The van der Waals surface area contributed by atoms with Gasteiger partial charge in [-0.25, -0.2) is 0 Å². The number of furan rings is 1. The van der Waals surface area contributed by atoms with Gasteiger partial charge in [-0.05, 0) is 51.0 Å². The van der Waals surface area contributed by atoms with E-state index in [9.17, 15) is 0 Å². The van der Waals surface area contributed by atoms with Crippen LogP contribution in [0.1, 0.15) is 38.3 Å². The first-order valence-electron chi connectivity index (χ1n) is 8.90. The summed E-state index contributed by atoms with van der Waals surface area (Å²) in [5.41, 5.74) is 4.48. The van der Waals surface area contributed by atoms with E-state index in [-0.39, 0.29) is 6.10 Å². The van der Waals surface area contributed by atoms with E-state index in [1.807, 2.05) is 26.0 Å². The van der Waals surface area contributed by atoms with Crippen LogP contribution in [0.4, 0.5) is 0 Å². The van der Waals surface area contributed by atoms with Crippen LogP contribution < -0.4 is 9.47 Å². The van der Waals surface area contributed by atoms with Crippen molar-refractivity contribution in [1.29, 1.82) is 0 Å². The molecule has 25 heavy (non-hydrogen) atoms. The van der Waals surface area contributed by atoms with E-state index in [1.54, 1.807) is 7.11 Å². The number of rotatable bonds is 6. The molecule has 0 aliphatic heterocycles. The Morgan fingerprint density at radius 3 is 2.56 bits per heavy atom. The summed E-state index contributed by atoms with van der Waals surface area (Å²) < 4.78 is 17.7. The summed E-state index contributed by atoms with van der Waals surface area (Å²) in [6, 6.07) is 12.6. The Bertz CT molecular complexity index is 874. The van der Waals surface area contributed by atoms with Crippen molar-refractivity contribution < 1.29 is 13.9 Å². The Morgan fingerprint density at radius 2 is 1.88 bits per heavy atom. The van der Waals surface area contributed by atoms with Gasteiger partial charge in [0.1, 0.15) is 5.76 Å². The summed E-state index contributed by atoms with van der Waals surface area (Å²) in [7, 11) is 1.65. The topological polar surface area (TPSA) is 31.6 Å². The zero-order chi connectivity index (χ0) is 18.0. The van der Waals surface area contributed by atoms with Crippen molar-refractivity contribution in [2.24, 2.45) is 0 Å². The van der Waals surface area contributed by atoms with Crippen LogP contribution in [0.25, 0.3) is 22.3 Å². The standard InChI is InChI=1S/C22H26O3/c1-6-7-16-12-15(4)8-10-18(16)20-13-17-9-11-19(23-5)22(21(17)25-20)24-14(2)3/h8-14H,6-7H2,1-5H3. The first-order valence-corrected chi connectivity index (χ1v) is 8.90. The van der Waals surface area contributed by atoms with Crippen LogP contribution in [0.3, 0.4) is 0 Å². The van der Waals surface area contributed by atoms with Gasteiger partial charge in [-0.1, -0.05) is 37.1 Å². The van der Waals surface area contributed by atoms with Gasteiger partial charge in [0.25, 0.3) is 0 Å². The van der Waals surface area contributed by atoms with Crippen LogP contribution in [0.2, 0.25) is 0 Å². The van der Waals surface area contributed by atoms with Crippen molar-refractivity contribution in [1.82, 2.24) is 0 Å². The molecule has 3 nitrogen and oxygen atoms in total. The average molecular weight is 338 g/mol. The molecule has 0 aliphatic rings. The second-order valence-electron chi connectivity index (χ2n) is 6.70. The third kappa shape index (κ3) is 3.51. The monoisotopic (exact) mass is 338 g/mol. The molecule has 0 saturated heterocycles. The van der Waals surface area contributed by atoms with Gasteiger partial charge >= 0.3 is 0 Å². The van der Waals surface area contributed by atoms with Crippen LogP contribution in [0.15, 0.2) is 40.8 Å². The van der Waals surface area contributed by atoms with Gasteiger partial charge < -0.3 is 13.9 Å². The van der Waals surface area contributed by atoms with Gasteiger partial charge in [-0.15, -0.1) is 0 Å². The molecule has 0 bridgehead atoms. The molecule has 0 spiro atoms. The Morgan fingerprint density at radius 1 is 1.08 bits per heavy atom. The first kappa shape index (κ1) is 17.4. The highest BCUT2D eigenvalue weighted by Gasteiger charge is 2.18. The lowest BCUT2D eigenvalue weighted by Gasteiger charge is -2.13. The van der Waals surface area contributed by atoms with Crippen molar-refractivity contribution in [2.45, 2.75) is 46.6 Å². The lowest BCUT2D eigenvalue weighted by Crippen LogP contribution is -2.06. The van der Waals surface area contributed by atoms with Crippen molar-refractivity contribution in [2.75, 3.05) is 7.11 Å². The fourth-order valence-corrected chi connectivity index (χ4v) is 3.14. The maximum atomic E-state index is 6.25. The smallest absolute Gasteiger partial charge is 0.205 e. The summed E-state index contributed by atoms with van der Waals surface area (Å²) in [5.74, 6) is 2.24. The molecule has 0 saturated carbocycles. The highest BCUT2D eigenvalue weighted by Crippen LogP contribution is 2.41. The van der Waals surface area contributed by atoms with Crippen LogP contribution in [0, 0.1) is 6.92 Å². The lowest BCUT2D eigenvalue weighted by atomic mass is 9.99. The molecule has 0 radical (unpaired) electrons. The number of methoxy groups -OCH3 is 1. The van der Waals surface area contributed by atoms with Gasteiger partial charge in [0.05, 0.1) is 13.2 Å². The molecule has 0 aliphatic carbocycles. The summed E-state index contributed by atoms with van der Waals surface area (Å²) in [4.78, 5) is 0. The molecule has 0 amide bonds. The summed E-state index contributed by atoms with van der Waals surface area (Å²) >= 11 is 0. The Hall–Kier alpha value is -2.42. The Balaban J connectivity index is 2.16. The Kier molecular flexibility index (Phi) is 5.03. The van der Waals surface area contributed by atoms with E-state index in [4.69, 9.17) is 13.9 Å². The number of benzene rings is 2. The van der Waals surface area contributed by atoms with Crippen molar-refractivity contribution in [3.8, 4) is 22.8 Å². The molecule has 2 aromatic carbocycles. The molecule has 0 fully saturated rings. The molecular formula is C22H26O3. The third-order valence-corrected chi connectivity index (χ3v) is 4.22. The lowest BCUT2D eigenvalue weighted by molar-refractivity contribution is 0.230. The molecule has 1 heterocycles. The van der Waals surface area contributed by atoms with Crippen molar-refractivity contribution in [3.05, 3.63) is 47.5 Å². The molecule has 3 heteroatoms. The SMILES string of the molecule is CCCc1cc(C)ccc1-c1cc2ccc(OC)c(OC(C)C)c2o1. The molecule has 0 N–H and O–H groups in total. The maximum absolute atomic E-state index is 6.25. The third-order valence-electron chi connectivity index (χ3n) is 4.22. The van der Waals surface area contributed by atoms with E-state index >= 15 is 0 Å². The molecule has 3 rings (SSSR count). The van der Waals surface area contributed by atoms with E-state index in [0.717, 1.165) is 35.1 Å². The van der Waals surface area contributed by atoms with Gasteiger partial charge in [0.2, 0.25) is 5.75 Å². The molecule has 1 aromatic heterocycles. The fourth-order valence-electron chi connectivity index (χ4n) is 3.14. The van der Waals surface area contributed by atoms with Crippen molar-refractivity contribution in [3.63, 3.8) is 0 Å². The second-order valence-corrected chi connectivity index (χ2v) is 6.70. The van der Waals surface area contributed by atoms with E-state index in [2.05, 4.69) is 38.1 Å². The number of ether oxygens (including phenoxy) is 2. The van der Waals surface area contributed by atoms with Gasteiger partial charge in [0, 0.05) is 10.9 Å². The molecule has 3 aromatic rings. The zero-order valence-electron chi connectivity index (χ0n) is 15.7. The van der Waals surface area contributed by atoms with Crippen LogP contribution >= 0.6 is 0 Å². The number of hydrogen-bond acceptors (Lipinski definition) is 3. The quantitative estimate of drug-likeness (QED) is 0.539. The van der Waals surface area contributed by atoms with Crippen LogP contribution in [0.5, 0.6) is 11.5 Å². The first-order chi connectivity index (χ1) is 12.0. The van der Waals surface area contributed by atoms with E-state index in [0.29, 0.717) is 11.5 Å². The predicted molar refractivity (Wildman–Crippen MR) is 103 cm³/mol. The Labute approximate surface area is 149 Å². The minimum absolute atomic E-state index is 0.0445. The van der Waals surface area contributed by atoms with Gasteiger partial charge in [-0.3, -0.25) is 0 Å². The average Bonchev–Trinajstić information content (AvgIpc) is 2.99. The second kappa shape index (κ2) is 7.22. The summed E-state index contributed by atoms with van der Waals surface area (Å²) in [6.45, 7) is 8.33. The summed E-state index contributed by atoms with van der Waals surface area (Å²) in [6.07, 6.45) is 2.18.